The number of carbonyl (C=O) groups excluding carboxylic acids is 2. The number of ether oxygens (including phenoxy) is 2. The molecule has 6 nitrogen and oxygen atoms in total. The van der Waals surface area contributed by atoms with Crippen LogP contribution in [0, 0.1) is 5.92 Å². The Balaban J connectivity index is 1.55. The van der Waals surface area contributed by atoms with Gasteiger partial charge in [0.1, 0.15) is 0 Å². The van der Waals surface area contributed by atoms with Gasteiger partial charge in [-0.2, -0.15) is 0 Å². The van der Waals surface area contributed by atoms with Crippen LogP contribution < -0.4 is 19.7 Å². The number of para-hydroxylation sites is 1. The molecule has 2 aromatic rings. The van der Waals surface area contributed by atoms with Crippen LogP contribution in [0.2, 0.25) is 0 Å². The smallest absolute Gasteiger partial charge is 0.227 e. The Labute approximate surface area is 172 Å². The summed E-state index contributed by atoms with van der Waals surface area (Å²) in [5, 5.41) is 2.94. The number of rotatable bonds is 7. The Morgan fingerprint density at radius 3 is 2.64 bits per heavy atom. The van der Waals surface area contributed by atoms with Crippen LogP contribution >= 0.6 is 15.9 Å². The minimum Gasteiger partial charge on any atom is -0.493 e. The van der Waals surface area contributed by atoms with Crippen LogP contribution in [0.3, 0.4) is 0 Å². The predicted molar refractivity (Wildman–Crippen MR) is 111 cm³/mol. The first-order valence-corrected chi connectivity index (χ1v) is 9.86. The summed E-state index contributed by atoms with van der Waals surface area (Å²) in [6, 6.07) is 13.2. The molecule has 0 radical (unpaired) electrons. The molecule has 7 heteroatoms. The van der Waals surface area contributed by atoms with Crippen molar-refractivity contribution in [2.45, 2.75) is 12.8 Å². The molecule has 0 spiro atoms. The SMILES string of the molecule is COc1ccc(CCNC(=O)C2CC(=O)N(c3ccccc3Br)C2)cc1OC. The molecular weight excluding hydrogens is 424 g/mol. The molecule has 1 N–H and O–H groups in total. The van der Waals surface area contributed by atoms with E-state index in [4.69, 9.17) is 9.47 Å². The maximum Gasteiger partial charge on any atom is 0.227 e. The van der Waals surface area contributed by atoms with E-state index in [2.05, 4.69) is 21.2 Å². The maximum absolute atomic E-state index is 12.5. The summed E-state index contributed by atoms with van der Waals surface area (Å²) in [6.07, 6.45) is 0.893. The molecule has 2 amide bonds. The second-order valence-corrected chi connectivity index (χ2v) is 7.44. The Bertz CT molecular complexity index is 871. The minimum absolute atomic E-state index is 0.0352. The van der Waals surface area contributed by atoms with Gasteiger partial charge in [0.2, 0.25) is 11.8 Å². The van der Waals surface area contributed by atoms with E-state index in [0.29, 0.717) is 31.0 Å². The standard InChI is InChI=1S/C21H23BrN2O4/c1-27-18-8-7-14(11-19(18)28-2)9-10-23-21(26)15-12-20(25)24(13-15)17-6-4-3-5-16(17)22/h3-8,11,15H,9-10,12-13H2,1-2H3,(H,23,26). The van der Waals surface area contributed by atoms with E-state index in [1.807, 2.05) is 42.5 Å². The normalized spacial score (nSPS) is 16.2. The maximum atomic E-state index is 12.5. The summed E-state index contributed by atoms with van der Waals surface area (Å²) in [5.41, 5.74) is 1.84. The van der Waals surface area contributed by atoms with E-state index < -0.39 is 0 Å². The van der Waals surface area contributed by atoms with Crippen LogP contribution in [0.4, 0.5) is 5.69 Å². The van der Waals surface area contributed by atoms with Crippen molar-refractivity contribution in [2.75, 3.05) is 32.2 Å². The summed E-state index contributed by atoms with van der Waals surface area (Å²) < 4.78 is 11.4. The summed E-state index contributed by atoms with van der Waals surface area (Å²) in [7, 11) is 3.19. The lowest BCUT2D eigenvalue weighted by atomic mass is 10.1. The van der Waals surface area contributed by atoms with Gasteiger partial charge in [-0.15, -0.1) is 0 Å². The third-order valence-corrected chi connectivity index (χ3v) is 5.47. The molecule has 2 aromatic carbocycles. The third-order valence-electron chi connectivity index (χ3n) is 4.80. The van der Waals surface area contributed by atoms with Gasteiger partial charge in [-0.05, 0) is 52.2 Å². The fraction of sp³-hybridized carbons (Fsp3) is 0.333. The number of nitrogens with zero attached hydrogens (tertiary/aromatic N) is 1. The van der Waals surface area contributed by atoms with E-state index in [9.17, 15) is 9.59 Å². The molecule has 148 valence electrons. The van der Waals surface area contributed by atoms with Gasteiger partial charge in [0.05, 0.1) is 25.8 Å². The van der Waals surface area contributed by atoms with Gasteiger partial charge in [0.15, 0.2) is 11.5 Å². The van der Waals surface area contributed by atoms with Crippen LogP contribution in [-0.2, 0) is 16.0 Å². The zero-order chi connectivity index (χ0) is 20.1. The van der Waals surface area contributed by atoms with Crippen molar-refractivity contribution in [1.29, 1.82) is 0 Å². The van der Waals surface area contributed by atoms with Gasteiger partial charge in [-0.1, -0.05) is 18.2 Å². The molecule has 0 bridgehead atoms. The van der Waals surface area contributed by atoms with E-state index >= 15 is 0 Å². The summed E-state index contributed by atoms with van der Waals surface area (Å²) in [5.74, 6) is 0.865. The Morgan fingerprint density at radius 2 is 1.93 bits per heavy atom. The van der Waals surface area contributed by atoms with Gasteiger partial charge in [0, 0.05) is 24.0 Å². The zero-order valence-electron chi connectivity index (χ0n) is 15.9. The number of hydrogen-bond donors (Lipinski definition) is 1. The first-order valence-electron chi connectivity index (χ1n) is 9.07. The first-order chi connectivity index (χ1) is 13.5. The second-order valence-electron chi connectivity index (χ2n) is 6.59. The third kappa shape index (κ3) is 4.47. The molecule has 1 unspecified atom stereocenters. The lowest BCUT2D eigenvalue weighted by Crippen LogP contribution is -2.34. The highest BCUT2D eigenvalue weighted by Crippen LogP contribution is 2.31. The average Bonchev–Trinajstić information content (AvgIpc) is 3.09. The Morgan fingerprint density at radius 1 is 1.18 bits per heavy atom. The van der Waals surface area contributed by atoms with Crippen LogP contribution in [0.25, 0.3) is 0 Å². The number of methoxy groups -OCH3 is 2. The molecule has 0 saturated carbocycles. The van der Waals surface area contributed by atoms with Gasteiger partial charge in [-0.3, -0.25) is 9.59 Å². The molecule has 28 heavy (non-hydrogen) atoms. The molecule has 1 heterocycles. The van der Waals surface area contributed by atoms with Crippen molar-refractivity contribution in [1.82, 2.24) is 5.32 Å². The van der Waals surface area contributed by atoms with E-state index in [-0.39, 0.29) is 24.2 Å². The Kier molecular flexibility index (Phi) is 6.57. The number of hydrogen-bond acceptors (Lipinski definition) is 4. The quantitative estimate of drug-likeness (QED) is 0.708. The number of amides is 2. The van der Waals surface area contributed by atoms with Crippen LogP contribution in [0.5, 0.6) is 11.5 Å². The number of carbonyl (C=O) groups is 2. The molecule has 1 fully saturated rings. The highest BCUT2D eigenvalue weighted by Gasteiger charge is 2.35. The van der Waals surface area contributed by atoms with Crippen molar-refractivity contribution >= 4 is 33.4 Å². The van der Waals surface area contributed by atoms with E-state index in [1.54, 1.807) is 19.1 Å². The molecule has 1 aliphatic heterocycles. The van der Waals surface area contributed by atoms with Crippen LogP contribution in [0.15, 0.2) is 46.9 Å². The van der Waals surface area contributed by atoms with Crippen LogP contribution in [0.1, 0.15) is 12.0 Å². The zero-order valence-corrected chi connectivity index (χ0v) is 17.5. The van der Waals surface area contributed by atoms with Crippen molar-refractivity contribution < 1.29 is 19.1 Å². The molecule has 1 aliphatic rings. The second kappa shape index (κ2) is 9.10. The average molecular weight is 447 g/mol. The molecule has 3 rings (SSSR count). The highest BCUT2D eigenvalue weighted by atomic mass is 79.9. The summed E-state index contributed by atoms with van der Waals surface area (Å²) in [6.45, 7) is 0.887. The van der Waals surface area contributed by atoms with E-state index in [1.165, 1.54) is 0 Å². The molecule has 1 saturated heterocycles. The largest absolute Gasteiger partial charge is 0.493 e. The number of anilines is 1. The van der Waals surface area contributed by atoms with Crippen LogP contribution in [-0.4, -0.2) is 39.1 Å². The number of benzene rings is 2. The minimum atomic E-state index is -0.343. The van der Waals surface area contributed by atoms with Gasteiger partial charge < -0.3 is 19.7 Å². The van der Waals surface area contributed by atoms with Crippen molar-refractivity contribution in [3.05, 3.63) is 52.5 Å². The summed E-state index contributed by atoms with van der Waals surface area (Å²) >= 11 is 3.47. The molecule has 0 aromatic heterocycles. The van der Waals surface area contributed by atoms with Crippen molar-refractivity contribution in [3.63, 3.8) is 0 Å². The fourth-order valence-electron chi connectivity index (χ4n) is 3.30. The molecule has 1 atom stereocenters. The number of halogens is 1. The van der Waals surface area contributed by atoms with E-state index in [0.717, 1.165) is 15.7 Å². The fourth-order valence-corrected chi connectivity index (χ4v) is 3.80. The Hall–Kier alpha value is -2.54. The predicted octanol–water partition coefficient (Wildman–Crippen LogP) is 3.18. The van der Waals surface area contributed by atoms with Crippen molar-refractivity contribution in [2.24, 2.45) is 5.92 Å². The molecule has 0 aliphatic carbocycles. The first kappa shape index (κ1) is 20.2. The number of nitrogens with one attached hydrogen (secondary N) is 1. The van der Waals surface area contributed by atoms with Crippen molar-refractivity contribution in [3.8, 4) is 11.5 Å². The topological polar surface area (TPSA) is 67.9 Å². The highest BCUT2D eigenvalue weighted by molar-refractivity contribution is 9.10. The lowest BCUT2D eigenvalue weighted by molar-refractivity contribution is -0.126. The van der Waals surface area contributed by atoms with Gasteiger partial charge in [-0.25, -0.2) is 0 Å². The monoisotopic (exact) mass is 446 g/mol. The van der Waals surface area contributed by atoms with Gasteiger partial charge in [0.25, 0.3) is 0 Å². The summed E-state index contributed by atoms with van der Waals surface area (Å²) in [4.78, 5) is 26.6. The molecular formula is C21H23BrN2O4. The van der Waals surface area contributed by atoms with Gasteiger partial charge >= 0.3 is 0 Å². The lowest BCUT2D eigenvalue weighted by Gasteiger charge is -2.18.